The second-order valence-corrected chi connectivity index (χ2v) is 9.22. The Morgan fingerprint density at radius 1 is 1.20 bits per heavy atom. The number of carbonyl (C=O) groups excluding carboxylic acids is 2. The number of hydrogen-bond acceptors (Lipinski definition) is 3. The van der Waals surface area contributed by atoms with Gasteiger partial charge < -0.3 is 10.2 Å². The number of carbonyl (C=O) groups is 2. The van der Waals surface area contributed by atoms with E-state index in [-0.39, 0.29) is 30.2 Å². The first-order valence-corrected chi connectivity index (χ1v) is 11.6. The molecule has 1 fully saturated rings. The van der Waals surface area contributed by atoms with E-state index in [1.807, 2.05) is 12.1 Å². The minimum Gasteiger partial charge on any atom is -0.349 e. The van der Waals surface area contributed by atoms with Crippen LogP contribution in [0, 0.1) is 11.7 Å². The number of rotatable bonds is 5. The van der Waals surface area contributed by atoms with Gasteiger partial charge in [0.1, 0.15) is 5.82 Å². The highest BCUT2D eigenvalue weighted by Crippen LogP contribution is 2.37. The minimum absolute atomic E-state index is 0.0797. The van der Waals surface area contributed by atoms with E-state index >= 15 is 0 Å². The van der Waals surface area contributed by atoms with Gasteiger partial charge in [0, 0.05) is 22.1 Å². The number of fused-ring (bicyclic) bond motifs is 1. The molecule has 2 aromatic carbocycles. The number of benzene rings is 2. The van der Waals surface area contributed by atoms with Crippen molar-refractivity contribution in [1.82, 2.24) is 5.32 Å². The molecule has 2 aromatic rings. The van der Waals surface area contributed by atoms with Crippen LogP contribution in [0.25, 0.3) is 0 Å². The topological polar surface area (TPSA) is 49.4 Å². The van der Waals surface area contributed by atoms with Crippen LogP contribution in [0.15, 0.2) is 47.4 Å². The second kappa shape index (κ2) is 9.21. The second-order valence-electron chi connectivity index (χ2n) is 8.20. The van der Waals surface area contributed by atoms with Crippen molar-refractivity contribution in [3.05, 3.63) is 59.4 Å². The number of hydrogen-bond donors (Lipinski definition) is 1. The highest BCUT2D eigenvalue weighted by atomic mass is 32.2. The van der Waals surface area contributed by atoms with Gasteiger partial charge in [-0.05, 0) is 49.9 Å². The molecule has 1 aliphatic carbocycles. The average Bonchev–Trinajstić information content (AvgIpc) is 2.77. The fourth-order valence-electron chi connectivity index (χ4n) is 4.36. The fraction of sp³-hybridized carbons (Fsp3) is 0.417. The largest absolute Gasteiger partial charge is 0.349 e. The van der Waals surface area contributed by atoms with Crippen LogP contribution < -0.4 is 10.2 Å². The van der Waals surface area contributed by atoms with Gasteiger partial charge in [-0.15, -0.1) is 11.8 Å². The van der Waals surface area contributed by atoms with Gasteiger partial charge in [0.05, 0.1) is 18.0 Å². The molecule has 4 nitrogen and oxygen atoms in total. The normalized spacial score (nSPS) is 18.1. The summed E-state index contributed by atoms with van der Waals surface area (Å²) < 4.78 is 14.2. The summed E-state index contributed by atoms with van der Waals surface area (Å²) in [7, 11) is 0. The molecule has 30 heavy (non-hydrogen) atoms. The Hall–Kier alpha value is -2.34. The van der Waals surface area contributed by atoms with Crippen molar-refractivity contribution in [3.63, 3.8) is 0 Å². The van der Waals surface area contributed by atoms with Gasteiger partial charge in [-0.2, -0.15) is 0 Å². The zero-order valence-corrected chi connectivity index (χ0v) is 18.0. The van der Waals surface area contributed by atoms with Crippen LogP contribution in [0.5, 0.6) is 0 Å². The molecular formula is C24H27FN2O2S. The highest BCUT2D eigenvalue weighted by Gasteiger charge is 2.27. The number of nitrogens with one attached hydrogen (secondary N) is 1. The summed E-state index contributed by atoms with van der Waals surface area (Å²) in [4.78, 5) is 28.0. The quantitative estimate of drug-likeness (QED) is 0.718. The summed E-state index contributed by atoms with van der Waals surface area (Å²) in [5.41, 5.74) is 1.67. The standard InChI is InChI=1S/C24H27FN2O2S/c1-16(17-7-3-2-4-8-17)26-24(29)18-11-12-22-21(13-18)27(23(28)15-30-22)14-19-9-5-6-10-20(19)25/h5-6,9-13,16-17H,2-4,7-8,14-15H2,1H3,(H,26,29)/t16-/m1/s1. The van der Waals surface area contributed by atoms with Crippen LogP contribution in [0.1, 0.15) is 54.9 Å². The zero-order chi connectivity index (χ0) is 21.1. The number of nitrogens with zero attached hydrogens (tertiary/aromatic N) is 1. The lowest BCUT2D eigenvalue weighted by Crippen LogP contribution is -2.39. The van der Waals surface area contributed by atoms with E-state index in [9.17, 15) is 14.0 Å². The van der Waals surface area contributed by atoms with Gasteiger partial charge in [0.15, 0.2) is 0 Å². The fourth-order valence-corrected chi connectivity index (χ4v) is 5.27. The van der Waals surface area contributed by atoms with E-state index in [1.165, 1.54) is 37.1 Å². The predicted molar refractivity (Wildman–Crippen MR) is 118 cm³/mol. The molecular weight excluding hydrogens is 399 g/mol. The summed E-state index contributed by atoms with van der Waals surface area (Å²) in [5, 5.41) is 3.15. The van der Waals surface area contributed by atoms with Crippen molar-refractivity contribution < 1.29 is 14.0 Å². The van der Waals surface area contributed by atoms with Crippen LogP contribution in [-0.2, 0) is 11.3 Å². The molecule has 0 aromatic heterocycles. The van der Waals surface area contributed by atoms with Gasteiger partial charge in [-0.25, -0.2) is 4.39 Å². The van der Waals surface area contributed by atoms with Gasteiger partial charge in [0.25, 0.3) is 5.91 Å². The summed E-state index contributed by atoms with van der Waals surface area (Å²) in [5.74, 6) is 0.301. The van der Waals surface area contributed by atoms with Crippen molar-refractivity contribution in [3.8, 4) is 0 Å². The molecule has 1 N–H and O–H groups in total. The molecule has 0 unspecified atom stereocenters. The van der Waals surface area contributed by atoms with E-state index in [1.54, 1.807) is 29.2 Å². The molecule has 2 amide bonds. The molecule has 6 heteroatoms. The molecule has 1 heterocycles. The third-order valence-corrected chi connectivity index (χ3v) is 7.21. The first kappa shape index (κ1) is 20.9. The number of thioether (sulfide) groups is 1. The van der Waals surface area contributed by atoms with E-state index < -0.39 is 0 Å². The Morgan fingerprint density at radius 2 is 1.97 bits per heavy atom. The Labute approximate surface area is 181 Å². The third kappa shape index (κ3) is 4.53. The first-order chi connectivity index (χ1) is 14.5. The molecule has 4 rings (SSSR count). The maximum atomic E-state index is 14.2. The molecule has 158 valence electrons. The van der Waals surface area contributed by atoms with Crippen molar-refractivity contribution >= 4 is 29.3 Å². The number of amides is 2. The Kier molecular flexibility index (Phi) is 6.42. The molecule has 0 radical (unpaired) electrons. The van der Waals surface area contributed by atoms with Gasteiger partial charge in [-0.3, -0.25) is 9.59 Å². The molecule has 1 atom stereocenters. The lowest BCUT2D eigenvalue weighted by atomic mass is 9.84. The monoisotopic (exact) mass is 426 g/mol. The van der Waals surface area contributed by atoms with E-state index in [0.717, 1.165) is 17.7 Å². The summed E-state index contributed by atoms with van der Waals surface area (Å²) in [6.07, 6.45) is 6.06. The lowest BCUT2D eigenvalue weighted by molar-refractivity contribution is -0.116. The van der Waals surface area contributed by atoms with Gasteiger partial charge in [0.2, 0.25) is 5.91 Å². The van der Waals surface area contributed by atoms with Crippen LogP contribution >= 0.6 is 11.8 Å². The highest BCUT2D eigenvalue weighted by molar-refractivity contribution is 8.00. The van der Waals surface area contributed by atoms with E-state index in [0.29, 0.717) is 28.5 Å². The molecule has 0 spiro atoms. The number of halogens is 1. The van der Waals surface area contributed by atoms with Crippen LogP contribution in [0.4, 0.5) is 10.1 Å². The summed E-state index contributed by atoms with van der Waals surface area (Å²) in [6, 6.07) is 12.1. The maximum Gasteiger partial charge on any atom is 0.251 e. The minimum atomic E-state index is -0.333. The van der Waals surface area contributed by atoms with Gasteiger partial charge >= 0.3 is 0 Å². The van der Waals surface area contributed by atoms with Crippen molar-refractivity contribution in [2.75, 3.05) is 10.7 Å². The molecule has 0 saturated heterocycles. The molecule has 1 aliphatic heterocycles. The van der Waals surface area contributed by atoms with Crippen LogP contribution in [0.2, 0.25) is 0 Å². The van der Waals surface area contributed by atoms with E-state index in [2.05, 4.69) is 12.2 Å². The Morgan fingerprint density at radius 3 is 2.73 bits per heavy atom. The predicted octanol–water partition coefficient (Wildman–Crippen LogP) is 5.16. The van der Waals surface area contributed by atoms with E-state index in [4.69, 9.17) is 0 Å². The average molecular weight is 427 g/mol. The molecule has 2 aliphatic rings. The number of anilines is 1. The smallest absolute Gasteiger partial charge is 0.251 e. The van der Waals surface area contributed by atoms with Crippen LogP contribution in [-0.4, -0.2) is 23.6 Å². The molecule has 0 bridgehead atoms. The van der Waals surface area contributed by atoms with Crippen molar-refractivity contribution in [1.29, 1.82) is 0 Å². The third-order valence-electron chi connectivity index (χ3n) is 6.17. The van der Waals surface area contributed by atoms with Crippen LogP contribution in [0.3, 0.4) is 0 Å². The summed E-state index contributed by atoms with van der Waals surface area (Å²) in [6.45, 7) is 2.23. The Balaban J connectivity index is 1.54. The van der Waals surface area contributed by atoms with Crippen molar-refractivity contribution in [2.45, 2.75) is 56.5 Å². The Bertz CT molecular complexity index is 943. The molecule has 1 saturated carbocycles. The SMILES string of the molecule is C[C@@H](NC(=O)c1ccc2c(c1)N(Cc1ccccc1F)C(=O)CS2)C1CCCCC1. The maximum absolute atomic E-state index is 14.2. The van der Waals surface area contributed by atoms with Crippen molar-refractivity contribution in [2.24, 2.45) is 5.92 Å². The lowest BCUT2D eigenvalue weighted by Gasteiger charge is -2.30. The van der Waals surface area contributed by atoms with Gasteiger partial charge in [-0.1, -0.05) is 37.5 Å². The first-order valence-electron chi connectivity index (χ1n) is 10.6. The summed E-state index contributed by atoms with van der Waals surface area (Å²) >= 11 is 1.46. The zero-order valence-electron chi connectivity index (χ0n) is 17.2.